The van der Waals surface area contributed by atoms with E-state index in [4.69, 9.17) is 9.47 Å². The minimum atomic E-state index is 0.0768. The monoisotopic (exact) mass is 264 g/mol. The first kappa shape index (κ1) is 13.8. The molecule has 0 unspecified atom stereocenters. The first-order valence-electron chi connectivity index (χ1n) is 6.65. The summed E-state index contributed by atoms with van der Waals surface area (Å²) in [6, 6.07) is 4.12. The fraction of sp³-hybridized carbons (Fsp3) is 0.571. The van der Waals surface area contributed by atoms with Gasteiger partial charge in [0.1, 0.15) is 18.5 Å². The molecule has 1 aromatic rings. The number of ether oxygens (including phenoxy) is 2. The lowest BCUT2D eigenvalue weighted by Gasteiger charge is -2.34. The van der Waals surface area contributed by atoms with Gasteiger partial charge in [0.25, 0.3) is 0 Å². The molecule has 1 aliphatic carbocycles. The van der Waals surface area contributed by atoms with E-state index in [-0.39, 0.29) is 18.5 Å². The highest BCUT2D eigenvalue weighted by atomic mass is 16.5. The van der Waals surface area contributed by atoms with Crippen LogP contribution in [-0.4, -0.2) is 36.6 Å². The Bertz CT molecular complexity index is 413. The van der Waals surface area contributed by atoms with Crippen molar-refractivity contribution in [3.05, 3.63) is 18.3 Å². The standard InChI is InChI=1S/C14H20N2O3/c1-3-11(17)9-18-12-4-5-14(16-8-12)19-13-6-10(7-13)15-2/h4-5,8,10,13,15H,3,6-7,9H2,1-2H3. The Balaban J connectivity index is 1.77. The van der Waals surface area contributed by atoms with Crippen LogP contribution in [0, 0.1) is 0 Å². The van der Waals surface area contributed by atoms with E-state index in [2.05, 4.69) is 10.3 Å². The Kier molecular flexibility index (Phi) is 4.74. The van der Waals surface area contributed by atoms with Gasteiger partial charge in [0.2, 0.25) is 5.88 Å². The summed E-state index contributed by atoms with van der Waals surface area (Å²) >= 11 is 0. The molecule has 104 valence electrons. The summed E-state index contributed by atoms with van der Waals surface area (Å²) in [6.07, 6.45) is 4.36. The number of hydrogen-bond acceptors (Lipinski definition) is 5. The molecule has 5 heteroatoms. The maximum absolute atomic E-state index is 11.1. The summed E-state index contributed by atoms with van der Waals surface area (Å²) in [5, 5.41) is 3.21. The summed E-state index contributed by atoms with van der Waals surface area (Å²) in [4.78, 5) is 15.3. The van der Waals surface area contributed by atoms with Gasteiger partial charge in [0.05, 0.1) is 6.20 Å². The van der Waals surface area contributed by atoms with Crippen molar-refractivity contribution in [3.63, 3.8) is 0 Å². The highest BCUT2D eigenvalue weighted by Crippen LogP contribution is 2.25. The van der Waals surface area contributed by atoms with Gasteiger partial charge in [-0.25, -0.2) is 4.98 Å². The highest BCUT2D eigenvalue weighted by molar-refractivity contribution is 5.79. The molecule has 1 heterocycles. The van der Waals surface area contributed by atoms with Crippen molar-refractivity contribution in [2.75, 3.05) is 13.7 Å². The minimum absolute atomic E-state index is 0.0768. The molecule has 0 radical (unpaired) electrons. The summed E-state index contributed by atoms with van der Waals surface area (Å²) in [7, 11) is 1.96. The van der Waals surface area contributed by atoms with Crippen LogP contribution >= 0.6 is 0 Å². The van der Waals surface area contributed by atoms with Crippen LogP contribution in [0.3, 0.4) is 0 Å². The molecule has 1 saturated carbocycles. The number of nitrogens with one attached hydrogen (secondary N) is 1. The van der Waals surface area contributed by atoms with Crippen LogP contribution in [0.5, 0.6) is 11.6 Å². The third kappa shape index (κ3) is 3.92. The van der Waals surface area contributed by atoms with Crippen LogP contribution in [0.1, 0.15) is 26.2 Å². The van der Waals surface area contributed by atoms with Crippen molar-refractivity contribution in [2.24, 2.45) is 0 Å². The normalized spacial score (nSPS) is 21.6. The van der Waals surface area contributed by atoms with Crippen molar-refractivity contribution < 1.29 is 14.3 Å². The van der Waals surface area contributed by atoms with E-state index >= 15 is 0 Å². The fourth-order valence-corrected chi connectivity index (χ4v) is 1.86. The molecule has 0 aromatic carbocycles. The van der Waals surface area contributed by atoms with Gasteiger partial charge >= 0.3 is 0 Å². The number of carbonyl (C=O) groups excluding carboxylic acids is 1. The predicted molar refractivity (Wildman–Crippen MR) is 71.5 cm³/mol. The Hall–Kier alpha value is -1.62. The number of nitrogens with zero attached hydrogens (tertiary/aromatic N) is 1. The number of rotatable bonds is 7. The molecule has 2 rings (SSSR count). The van der Waals surface area contributed by atoms with Crippen LogP contribution in [0.4, 0.5) is 0 Å². The van der Waals surface area contributed by atoms with Gasteiger partial charge in [-0.3, -0.25) is 4.79 Å². The van der Waals surface area contributed by atoms with E-state index in [0.29, 0.717) is 24.1 Å². The fourth-order valence-electron chi connectivity index (χ4n) is 1.86. The van der Waals surface area contributed by atoms with Crippen molar-refractivity contribution in [2.45, 2.75) is 38.3 Å². The second kappa shape index (κ2) is 6.52. The van der Waals surface area contributed by atoms with E-state index in [1.807, 2.05) is 14.0 Å². The van der Waals surface area contributed by atoms with E-state index in [1.54, 1.807) is 18.3 Å². The quantitative estimate of drug-likeness (QED) is 0.810. The molecule has 0 saturated heterocycles. The minimum Gasteiger partial charge on any atom is -0.484 e. The molecule has 1 fully saturated rings. The summed E-state index contributed by atoms with van der Waals surface area (Å²) in [5.41, 5.74) is 0. The lowest BCUT2D eigenvalue weighted by atomic mass is 9.89. The van der Waals surface area contributed by atoms with Crippen molar-refractivity contribution >= 4 is 5.78 Å². The van der Waals surface area contributed by atoms with E-state index in [1.165, 1.54) is 0 Å². The molecule has 1 N–H and O–H groups in total. The second-order valence-electron chi connectivity index (χ2n) is 4.71. The Morgan fingerprint density at radius 3 is 2.84 bits per heavy atom. The zero-order chi connectivity index (χ0) is 13.7. The molecular weight excluding hydrogens is 244 g/mol. The molecule has 0 aliphatic heterocycles. The van der Waals surface area contributed by atoms with Crippen LogP contribution < -0.4 is 14.8 Å². The first-order chi connectivity index (χ1) is 9.21. The van der Waals surface area contributed by atoms with Crippen LogP contribution in [0.15, 0.2) is 18.3 Å². The number of carbonyl (C=O) groups is 1. The highest BCUT2D eigenvalue weighted by Gasteiger charge is 2.29. The van der Waals surface area contributed by atoms with Gasteiger partial charge in [-0.1, -0.05) is 6.92 Å². The number of Topliss-reactive ketones (excluding diaryl/α,β-unsaturated/α-hetero) is 1. The van der Waals surface area contributed by atoms with Crippen molar-refractivity contribution in [3.8, 4) is 11.6 Å². The molecule has 19 heavy (non-hydrogen) atoms. The number of aromatic nitrogens is 1. The van der Waals surface area contributed by atoms with E-state index in [9.17, 15) is 4.79 Å². The second-order valence-corrected chi connectivity index (χ2v) is 4.71. The van der Waals surface area contributed by atoms with Gasteiger partial charge in [-0.15, -0.1) is 0 Å². The molecule has 1 aliphatic rings. The third-order valence-electron chi connectivity index (χ3n) is 3.29. The summed E-state index contributed by atoms with van der Waals surface area (Å²) in [5.74, 6) is 1.28. The first-order valence-corrected chi connectivity index (χ1v) is 6.65. The molecule has 0 spiro atoms. The smallest absolute Gasteiger partial charge is 0.213 e. The predicted octanol–water partition coefficient (Wildman–Crippen LogP) is 1.57. The lowest BCUT2D eigenvalue weighted by molar-refractivity contribution is -0.120. The van der Waals surface area contributed by atoms with Crippen molar-refractivity contribution in [1.82, 2.24) is 10.3 Å². The average Bonchev–Trinajstić information content (AvgIpc) is 2.40. The van der Waals surface area contributed by atoms with Gasteiger partial charge in [-0.05, 0) is 26.0 Å². The Morgan fingerprint density at radius 1 is 1.47 bits per heavy atom. The zero-order valence-electron chi connectivity index (χ0n) is 11.4. The largest absolute Gasteiger partial charge is 0.484 e. The third-order valence-corrected chi connectivity index (χ3v) is 3.29. The van der Waals surface area contributed by atoms with Gasteiger partial charge in [0, 0.05) is 18.5 Å². The van der Waals surface area contributed by atoms with Gasteiger partial charge in [-0.2, -0.15) is 0 Å². The maximum Gasteiger partial charge on any atom is 0.213 e. The molecule has 5 nitrogen and oxygen atoms in total. The Morgan fingerprint density at radius 2 is 2.26 bits per heavy atom. The van der Waals surface area contributed by atoms with E-state index < -0.39 is 0 Å². The average molecular weight is 264 g/mol. The number of ketones is 1. The van der Waals surface area contributed by atoms with Gasteiger partial charge < -0.3 is 14.8 Å². The molecule has 0 atom stereocenters. The summed E-state index contributed by atoms with van der Waals surface area (Å²) in [6.45, 7) is 1.92. The van der Waals surface area contributed by atoms with Crippen LogP contribution in [-0.2, 0) is 4.79 Å². The number of hydrogen-bond donors (Lipinski definition) is 1. The zero-order valence-corrected chi connectivity index (χ0v) is 11.4. The van der Waals surface area contributed by atoms with E-state index in [0.717, 1.165) is 12.8 Å². The maximum atomic E-state index is 11.1. The van der Waals surface area contributed by atoms with Gasteiger partial charge in [0.15, 0.2) is 5.78 Å². The Labute approximate surface area is 113 Å². The molecule has 1 aromatic heterocycles. The molecule has 0 amide bonds. The topological polar surface area (TPSA) is 60.5 Å². The molecular formula is C14H20N2O3. The van der Waals surface area contributed by atoms with Crippen LogP contribution in [0.25, 0.3) is 0 Å². The van der Waals surface area contributed by atoms with Crippen LogP contribution in [0.2, 0.25) is 0 Å². The number of pyridine rings is 1. The lowest BCUT2D eigenvalue weighted by Crippen LogP contribution is -2.45. The van der Waals surface area contributed by atoms with Crippen molar-refractivity contribution in [1.29, 1.82) is 0 Å². The summed E-state index contributed by atoms with van der Waals surface area (Å²) < 4.78 is 11.0. The molecule has 0 bridgehead atoms. The SMILES string of the molecule is CCC(=O)COc1ccc(OC2CC(NC)C2)nc1.